The first-order valence-electron chi connectivity index (χ1n) is 3.50. The lowest BCUT2D eigenvalue weighted by Crippen LogP contribution is -2.15. The van der Waals surface area contributed by atoms with Gasteiger partial charge >= 0.3 is 0 Å². The van der Waals surface area contributed by atoms with Crippen molar-refractivity contribution in [1.29, 1.82) is 0 Å². The van der Waals surface area contributed by atoms with Crippen LogP contribution in [-0.2, 0) is 4.79 Å². The number of carbonyl (C=O) groups excluding carboxylic acids is 1. The lowest BCUT2D eigenvalue weighted by atomic mass is 10.0. The second-order valence-electron chi connectivity index (χ2n) is 2.67. The molecule has 0 aromatic rings. The molecule has 0 aromatic heterocycles. The van der Waals surface area contributed by atoms with Crippen molar-refractivity contribution in [3.05, 3.63) is 11.0 Å². The summed E-state index contributed by atoms with van der Waals surface area (Å²) in [5.74, 6) is 1.60. The molecule has 1 aliphatic heterocycles. The first-order valence-corrected chi connectivity index (χ1v) is 4.48. The smallest absolute Gasteiger partial charge is 0.134 e. The Morgan fingerprint density at radius 1 is 1.80 bits per heavy atom. The van der Waals surface area contributed by atoms with E-state index in [1.54, 1.807) is 18.7 Å². The lowest BCUT2D eigenvalue weighted by molar-refractivity contribution is -0.120. The molecule has 1 atom stereocenters. The molecular weight excluding hydrogens is 144 g/mol. The van der Waals surface area contributed by atoms with Crippen LogP contribution in [-0.4, -0.2) is 11.5 Å². The van der Waals surface area contributed by atoms with Gasteiger partial charge in [-0.2, -0.15) is 0 Å². The topological polar surface area (TPSA) is 17.1 Å². The van der Waals surface area contributed by atoms with Crippen molar-refractivity contribution < 1.29 is 4.79 Å². The van der Waals surface area contributed by atoms with Crippen LogP contribution in [0.2, 0.25) is 0 Å². The normalized spacial score (nSPS) is 25.8. The molecule has 56 valence electrons. The monoisotopic (exact) mass is 156 g/mol. The van der Waals surface area contributed by atoms with E-state index < -0.39 is 0 Å². The van der Waals surface area contributed by atoms with Crippen LogP contribution in [0.15, 0.2) is 11.0 Å². The second kappa shape index (κ2) is 3.24. The molecule has 0 aliphatic carbocycles. The summed E-state index contributed by atoms with van der Waals surface area (Å²) in [5.41, 5.74) is 0. The van der Waals surface area contributed by atoms with Crippen molar-refractivity contribution in [3.63, 3.8) is 0 Å². The van der Waals surface area contributed by atoms with Crippen LogP contribution in [0.3, 0.4) is 0 Å². The van der Waals surface area contributed by atoms with E-state index in [1.807, 2.05) is 0 Å². The third-order valence-electron chi connectivity index (χ3n) is 1.78. The molecule has 1 unspecified atom stereocenters. The fourth-order valence-corrected chi connectivity index (χ4v) is 2.00. The van der Waals surface area contributed by atoms with Crippen molar-refractivity contribution in [1.82, 2.24) is 0 Å². The highest BCUT2D eigenvalue weighted by Crippen LogP contribution is 2.27. The molecule has 2 heteroatoms. The van der Waals surface area contributed by atoms with Gasteiger partial charge in [-0.3, -0.25) is 4.79 Å². The Bertz CT molecular complexity index is 172. The minimum absolute atomic E-state index is 0.286. The summed E-state index contributed by atoms with van der Waals surface area (Å²) in [6.07, 6.45) is 3.11. The van der Waals surface area contributed by atoms with Crippen LogP contribution in [0.5, 0.6) is 0 Å². The molecular formula is C8H12OS. The van der Waals surface area contributed by atoms with Crippen molar-refractivity contribution >= 4 is 17.5 Å². The average Bonchev–Trinajstić information content (AvgIpc) is 1.88. The number of hydrogen-bond acceptors (Lipinski definition) is 2. The van der Waals surface area contributed by atoms with Crippen LogP contribution in [0.4, 0.5) is 0 Å². The number of carbonyl (C=O) groups is 1. The highest BCUT2D eigenvalue weighted by molar-refractivity contribution is 8.03. The summed E-state index contributed by atoms with van der Waals surface area (Å²) >= 11 is 1.79. The Hall–Kier alpha value is -0.240. The van der Waals surface area contributed by atoms with Crippen LogP contribution >= 0.6 is 11.8 Å². The molecule has 0 bridgehead atoms. The number of thioether (sulfide) groups is 1. The standard InChI is InChI=1S/C8H12OS/c1-6-3-4-8(5-10-6)7(2)9/h3,8H,4-5H2,1-2H3. The van der Waals surface area contributed by atoms with Gasteiger partial charge < -0.3 is 0 Å². The maximum Gasteiger partial charge on any atom is 0.134 e. The zero-order valence-corrected chi connectivity index (χ0v) is 7.20. The fourth-order valence-electron chi connectivity index (χ4n) is 0.951. The number of Topliss-reactive ketones (excluding diaryl/α,β-unsaturated/α-hetero) is 1. The average molecular weight is 156 g/mol. The number of ketones is 1. The van der Waals surface area contributed by atoms with E-state index in [0.717, 1.165) is 12.2 Å². The third-order valence-corrected chi connectivity index (χ3v) is 2.97. The minimum Gasteiger partial charge on any atom is -0.300 e. The maximum atomic E-state index is 10.9. The third kappa shape index (κ3) is 1.87. The summed E-state index contributed by atoms with van der Waals surface area (Å²) in [6.45, 7) is 3.78. The summed E-state index contributed by atoms with van der Waals surface area (Å²) in [6, 6.07) is 0. The van der Waals surface area contributed by atoms with Crippen LogP contribution in [0.25, 0.3) is 0 Å². The zero-order chi connectivity index (χ0) is 7.56. The molecule has 0 N–H and O–H groups in total. The predicted octanol–water partition coefficient (Wildman–Crippen LogP) is 2.23. The molecule has 0 saturated carbocycles. The highest BCUT2D eigenvalue weighted by Gasteiger charge is 2.16. The zero-order valence-electron chi connectivity index (χ0n) is 6.39. The number of allylic oxidation sites excluding steroid dienone is 2. The van der Waals surface area contributed by atoms with Gasteiger partial charge in [-0.1, -0.05) is 6.08 Å². The molecule has 1 aliphatic rings. The van der Waals surface area contributed by atoms with Gasteiger partial charge in [-0.15, -0.1) is 11.8 Å². The van der Waals surface area contributed by atoms with Crippen LogP contribution in [0.1, 0.15) is 20.3 Å². The van der Waals surface area contributed by atoms with Crippen LogP contribution < -0.4 is 0 Å². The SMILES string of the molecule is CC(=O)C1CC=C(C)SC1. The Labute approximate surface area is 65.9 Å². The quantitative estimate of drug-likeness (QED) is 0.579. The van der Waals surface area contributed by atoms with Crippen molar-refractivity contribution in [3.8, 4) is 0 Å². The maximum absolute atomic E-state index is 10.9. The van der Waals surface area contributed by atoms with E-state index in [4.69, 9.17) is 0 Å². The predicted molar refractivity (Wildman–Crippen MR) is 45.0 cm³/mol. The van der Waals surface area contributed by atoms with Gasteiger partial charge in [0.05, 0.1) is 0 Å². The van der Waals surface area contributed by atoms with Gasteiger partial charge in [0, 0.05) is 11.7 Å². The Morgan fingerprint density at radius 3 is 2.90 bits per heavy atom. The number of hydrogen-bond donors (Lipinski definition) is 0. The summed E-state index contributed by atoms with van der Waals surface area (Å²) in [7, 11) is 0. The highest BCUT2D eigenvalue weighted by atomic mass is 32.2. The lowest BCUT2D eigenvalue weighted by Gasteiger charge is -2.16. The van der Waals surface area contributed by atoms with Gasteiger partial charge in [0.1, 0.15) is 5.78 Å². The minimum atomic E-state index is 0.286. The van der Waals surface area contributed by atoms with Gasteiger partial charge in [-0.05, 0) is 25.2 Å². The molecule has 0 radical (unpaired) electrons. The van der Waals surface area contributed by atoms with E-state index in [0.29, 0.717) is 5.78 Å². The molecule has 0 fully saturated rings. The van der Waals surface area contributed by atoms with E-state index in [1.165, 1.54) is 4.91 Å². The number of rotatable bonds is 1. The fraction of sp³-hybridized carbons (Fsp3) is 0.625. The van der Waals surface area contributed by atoms with Crippen LogP contribution in [0, 0.1) is 5.92 Å². The Balaban J connectivity index is 2.50. The first-order chi connectivity index (χ1) is 4.70. The van der Waals surface area contributed by atoms with Gasteiger partial charge in [0.25, 0.3) is 0 Å². The summed E-state index contributed by atoms with van der Waals surface area (Å²) in [5, 5.41) is 0. The van der Waals surface area contributed by atoms with Gasteiger partial charge in [0.2, 0.25) is 0 Å². The molecule has 0 spiro atoms. The van der Waals surface area contributed by atoms with Gasteiger partial charge in [-0.25, -0.2) is 0 Å². The molecule has 1 nitrogen and oxygen atoms in total. The Kier molecular flexibility index (Phi) is 2.55. The van der Waals surface area contributed by atoms with Gasteiger partial charge in [0.15, 0.2) is 0 Å². The van der Waals surface area contributed by atoms with Crippen molar-refractivity contribution in [2.45, 2.75) is 20.3 Å². The van der Waals surface area contributed by atoms with E-state index >= 15 is 0 Å². The summed E-state index contributed by atoms with van der Waals surface area (Å²) in [4.78, 5) is 12.2. The molecule has 1 heterocycles. The molecule has 10 heavy (non-hydrogen) atoms. The molecule has 0 amide bonds. The largest absolute Gasteiger partial charge is 0.300 e. The van der Waals surface area contributed by atoms with Crippen molar-refractivity contribution in [2.75, 3.05) is 5.75 Å². The molecule has 0 aromatic carbocycles. The van der Waals surface area contributed by atoms with E-state index in [2.05, 4.69) is 13.0 Å². The Morgan fingerprint density at radius 2 is 2.50 bits per heavy atom. The molecule has 1 rings (SSSR count). The molecule has 0 saturated heterocycles. The van der Waals surface area contributed by atoms with Crippen molar-refractivity contribution in [2.24, 2.45) is 5.92 Å². The first kappa shape index (κ1) is 7.86. The van der Waals surface area contributed by atoms with E-state index in [-0.39, 0.29) is 5.92 Å². The second-order valence-corrected chi connectivity index (χ2v) is 3.94. The summed E-state index contributed by atoms with van der Waals surface area (Å²) < 4.78 is 0. The van der Waals surface area contributed by atoms with E-state index in [9.17, 15) is 4.79 Å².